The average molecular weight is 268 g/mol. The summed E-state index contributed by atoms with van der Waals surface area (Å²) in [6, 6.07) is 0. The van der Waals surface area contributed by atoms with E-state index in [0.29, 0.717) is 12.4 Å². The molecule has 7 nitrogen and oxygen atoms in total. The van der Waals surface area contributed by atoms with Gasteiger partial charge in [-0.15, -0.1) is 0 Å². The number of aromatic nitrogens is 2. The maximum atomic E-state index is 11.1. The zero-order valence-corrected chi connectivity index (χ0v) is 11.4. The highest BCUT2D eigenvalue weighted by molar-refractivity contribution is 5.57. The number of aryl methyl sites for hydroxylation is 1. The Kier molecular flexibility index (Phi) is 4.36. The van der Waals surface area contributed by atoms with Gasteiger partial charge >= 0.3 is 5.69 Å². The third-order valence-electron chi connectivity index (χ3n) is 3.60. The average Bonchev–Trinajstić information content (AvgIpc) is 2.70. The fraction of sp³-hybridized carbons (Fsp3) is 0.750. The van der Waals surface area contributed by atoms with E-state index in [2.05, 4.69) is 10.00 Å². The van der Waals surface area contributed by atoms with Crippen LogP contribution in [0.1, 0.15) is 26.2 Å². The van der Waals surface area contributed by atoms with Crippen LogP contribution in [0.5, 0.6) is 0 Å². The summed E-state index contributed by atoms with van der Waals surface area (Å²) in [5.41, 5.74) is 0.0951. The number of anilines is 1. The van der Waals surface area contributed by atoms with E-state index in [1.165, 1.54) is 6.20 Å². The predicted molar refractivity (Wildman–Crippen MR) is 71.4 cm³/mol. The second kappa shape index (κ2) is 6.01. The Labute approximate surface area is 112 Å². The number of hydrogen-bond donors (Lipinski definition) is 0. The summed E-state index contributed by atoms with van der Waals surface area (Å²) < 4.78 is 7.09. The van der Waals surface area contributed by atoms with Crippen molar-refractivity contribution in [3.8, 4) is 0 Å². The largest absolute Gasteiger partial charge is 0.381 e. The van der Waals surface area contributed by atoms with Crippen molar-refractivity contribution in [2.24, 2.45) is 0 Å². The Morgan fingerprint density at radius 2 is 2.32 bits per heavy atom. The molecule has 2 rings (SSSR count). The molecule has 0 aliphatic carbocycles. The van der Waals surface area contributed by atoms with Crippen molar-refractivity contribution in [3.05, 3.63) is 16.3 Å². The first-order valence-corrected chi connectivity index (χ1v) is 6.65. The molecule has 106 valence electrons. The summed E-state index contributed by atoms with van der Waals surface area (Å²) in [4.78, 5) is 12.8. The minimum Gasteiger partial charge on any atom is -0.381 e. The molecule has 1 atom stereocenters. The van der Waals surface area contributed by atoms with E-state index >= 15 is 0 Å². The Morgan fingerprint density at radius 3 is 2.95 bits per heavy atom. The lowest BCUT2D eigenvalue weighted by Gasteiger charge is -2.22. The molecule has 0 aromatic carbocycles. The van der Waals surface area contributed by atoms with Crippen LogP contribution in [0.2, 0.25) is 0 Å². The third-order valence-corrected chi connectivity index (χ3v) is 3.60. The van der Waals surface area contributed by atoms with E-state index in [4.69, 9.17) is 4.74 Å². The van der Waals surface area contributed by atoms with Crippen LogP contribution >= 0.6 is 0 Å². The summed E-state index contributed by atoms with van der Waals surface area (Å²) in [5, 5.41) is 15.2. The van der Waals surface area contributed by atoms with Crippen molar-refractivity contribution in [1.29, 1.82) is 0 Å². The topological polar surface area (TPSA) is 73.4 Å². The van der Waals surface area contributed by atoms with Crippen molar-refractivity contribution >= 4 is 11.5 Å². The molecular formula is C12H20N4O3. The molecule has 7 heteroatoms. The van der Waals surface area contributed by atoms with Gasteiger partial charge in [-0.25, -0.2) is 4.68 Å². The van der Waals surface area contributed by atoms with E-state index in [-0.39, 0.29) is 16.7 Å². The molecular weight excluding hydrogens is 248 g/mol. The van der Waals surface area contributed by atoms with Gasteiger partial charge in [0.05, 0.1) is 11.0 Å². The number of nitrogens with zero attached hydrogens (tertiary/aromatic N) is 4. The van der Waals surface area contributed by atoms with Gasteiger partial charge in [0, 0.05) is 26.7 Å². The summed E-state index contributed by atoms with van der Waals surface area (Å²) in [7, 11) is 1.72. The molecule has 0 amide bonds. The molecule has 1 unspecified atom stereocenters. The summed E-state index contributed by atoms with van der Waals surface area (Å²) in [6.45, 7) is 4.15. The highest BCUT2D eigenvalue weighted by Gasteiger charge is 2.27. The Hall–Kier alpha value is -1.63. The minimum absolute atomic E-state index is 0.0951. The molecule has 0 saturated carbocycles. The maximum Gasteiger partial charge on any atom is 0.331 e. The standard InChI is InChI=1S/C12H20N4O3/c1-3-15-12(11(9-13-15)16(17)18)14-7-4-5-10(19-2)6-8-14/h9-10H,3-8H2,1-2H3. The van der Waals surface area contributed by atoms with E-state index < -0.39 is 0 Å². The number of hydrogen-bond acceptors (Lipinski definition) is 5. The van der Waals surface area contributed by atoms with Gasteiger partial charge in [-0.2, -0.15) is 5.10 Å². The van der Waals surface area contributed by atoms with Gasteiger partial charge in [-0.1, -0.05) is 0 Å². The van der Waals surface area contributed by atoms with Gasteiger partial charge in [0.25, 0.3) is 0 Å². The van der Waals surface area contributed by atoms with Crippen molar-refractivity contribution in [1.82, 2.24) is 9.78 Å². The molecule has 0 spiro atoms. The van der Waals surface area contributed by atoms with E-state index in [1.54, 1.807) is 11.8 Å². The fourth-order valence-corrected chi connectivity index (χ4v) is 2.57. The van der Waals surface area contributed by atoms with E-state index in [1.807, 2.05) is 6.92 Å². The van der Waals surface area contributed by atoms with Crippen LogP contribution in [0.3, 0.4) is 0 Å². The van der Waals surface area contributed by atoms with Crippen LogP contribution in [0.25, 0.3) is 0 Å². The highest BCUT2D eigenvalue weighted by Crippen LogP contribution is 2.30. The summed E-state index contributed by atoms with van der Waals surface area (Å²) in [6.07, 6.45) is 4.47. The smallest absolute Gasteiger partial charge is 0.331 e. The summed E-state index contributed by atoms with van der Waals surface area (Å²) in [5.74, 6) is 0.629. The molecule has 1 aromatic rings. The molecule has 2 heterocycles. The van der Waals surface area contributed by atoms with Crippen LogP contribution in [-0.2, 0) is 11.3 Å². The lowest BCUT2D eigenvalue weighted by atomic mass is 10.2. The molecule has 0 bridgehead atoms. The Morgan fingerprint density at radius 1 is 1.53 bits per heavy atom. The van der Waals surface area contributed by atoms with Crippen molar-refractivity contribution in [2.75, 3.05) is 25.1 Å². The SMILES string of the molecule is CCn1ncc([N+](=O)[O-])c1N1CCCC(OC)CC1. The first-order chi connectivity index (χ1) is 9.17. The second-order valence-electron chi connectivity index (χ2n) is 4.70. The first kappa shape index (κ1) is 13.8. The number of ether oxygens (including phenoxy) is 1. The molecule has 19 heavy (non-hydrogen) atoms. The van der Waals surface area contributed by atoms with Crippen molar-refractivity contribution in [3.63, 3.8) is 0 Å². The normalized spacial score (nSPS) is 20.3. The van der Waals surface area contributed by atoms with Gasteiger partial charge in [0.1, 0.15) is 6.20 Å². The maximum absolute atomic E-state index is 11.1. The molecule has 0 N–H and O–H groups in total. The van der Waals surface area contributed by atoms with Gasteiger partial charge in [0.15, 0.2) is 0 Å². The van der Waals surface area contributed by atoms with Crippen LogP contribution in [0.15, 0.2) is 6.20 Å². The van der Waals surface area contributed by atoms with Crippen molar-refractivity contribution < 1.29 is 9.66 Å². The molecule has 1 aromatic heterocycles. The lowest BCUT2D eigenvalue weighted by molar-refractivity contribution is -0.384. The van der Waals surface area contributed by atoms with Crippen molar-refractivity contribution in [2.45, 2.75) is 38.8 Å². The quantitative estimate of drug-likeness (QED) is 0.615. The van der Waals surface area contributed by atoms with Gasteiger partial charge in [-0.05, 0) is 26.2 Å². The molecule has 1 fully saturated rings. The molecule has 1 aliphatic rings. The Balaban J connectivity index is 2.25. The first-order valence-electron chi connectivity index (χ1n) is 6.65. The van der Waals surface area contributed by atoms with Gasteiger partial charge < -0.3 is 9.64 Å². The zero-order valence-electron chi connectivity index (χ0n) is 11.4. The molecule has 1 aliphatic heterocycles. The molecule has 1 saturated heterocycles. The second-order valence-corrected chi connectivity index (χ2v) is 4.70. The highest BCUT2D eigenvalue weighted by atomic mass is 16.6. The van der Waals surface area contributed by atoms with Crippen LogP contribution in [0, 0.1) is 10.1 Å². The van der Waals surface area contributed by atoms with Crippen LogP contribution < -0.4 is 4.90 Å². The number of rotatable bonds is 4. The summed E-state index contributed by atoms with van der Waals surface area (Å²) >= 11 is 0. The predicted octanol–water partition coefficient (Wildman–Crippen LogP) is 1.82. The van der Waals surface area contributed by atoms with Gasteiger partial charge in [-0.3, -0.25) is 10.1 Å². The monoisotopic (exact) mass is 268 g/mol. The number of nitro groups is 1. The zero-order chi connectivity index (χ0) is 13.8. The number of methoxy groups -OCH3 is 1. The lowest BCUT2D eigenvalue weighted by Crippen LogP contribution is -2.28. The van der Waals surface area contributed by atoms with Crippen LogP contribution in [-0.4, -0.2) is 41.0 Å². The molecule has 0 radical (unpaired) electrons. The third kappa shape index (κ3) is 2.86. The van der Waals surface area contributed by atoms with Crippen LogP contribution in [0.4, 0.5) is 11.5 Å². The van der Waals surface area contributed by atoms with Gasteiger partial charge in [0.2, 0.25) is 5.82 Å². The Bertz CT molecular complexity index is 446. The minimum atomic E-state index is -0.354. The van der Waals surface area contributed by atoms with E-state index in [9.17, 15) is 10.1 Å². The van der Waals surface area contributed by atoms with E-state index in [0.717, 1.165) is 32.4 Å². The fourth-order valence-electron chi connectivity index (χ4n) is 2.57.